The van der Waals surface area contributed by atoms with E-state index in [1.54, 1.807) is 0 Å². The van der Waals surface area contributed by atoms with Gasteiger partial charge in [0.15, 0.2) is 0 Å². The van der Waals surface area contributed by atoms with E-state index >= 15 is 0 Å². The molecule has 0 saturated carbocycles. The SMILES string of the molecule is C=C([O][Hg][O]C(=C)c1ccccc1)c1ccccc1. The maximum absolute atomic E-state index is 5.66. The molecule has 0 fully saturated rings. The summed E-state index contributed by atoms with van der Waals surface area (Å²) in [5.74, 6) is 1.37. The Morgan fingerprint density at radius 3 is 1.42 bits per heavy atom. The Morgan fingerprint density at radius 1 is 0.684 bits per heavy atom. The average molecular weight is 439 g/mol. The molecule has 2 aromatic rings. The Kier molecular flexibility index (Phi) is 5.22. The number of hydrogen-bond acceptors (Lipinski definition) is 2. The first kappa shape index (κ1) is 13.9. The average Bonchev–Trinajstić information content (AvgIpc) is 2.49. The summed E-state index contributed by atoms with van der Waals surface area (Å²) in [5.41, 5.74) is 1.99. The Balaban J connectivity index is 1.81. The molecular weight excluding hydrogens is 425 g/mol. The van der Waals surface area contributed by atoms with Gasteiger partial charge in [-0.25, -0.2) is 0 Å². The van der Waals surface area contributed by atoms with Crippen LogP contribution in [0.3, 0.4) is 0 Å². The van der Waals surface area contributed by atoms with Crippen LogP contribution >= 0.6 is 0 Å². The minimum absolute atomic E-state index is 0.683. The molecule has 0 aliphatic rings. The van der Waals surface area contributed by atoms with Crippen molar-refractivity contribution in [1.82, 2.24) is 0 Å². The van der Waals surface area contributed by atoms with Crippen LogP contribution < -0.4 is 0 Å². The topological polar surface area (TPSA) is 18.5 Å². The van der Waals surface area contributed by atoms with Crippen molar-refractivity contribution in [3.8, 4) is 0 Å². The summed E-state index contributed by atoms with van der Waals surface area (Å²) in [6.45, 7) is 7.84. The minimum atomic E-state index is -1.93. The van der Waals surface area contributed by atoms with Crippen molar-refractivity contribution in [3.05, 3.63) is 84.9 Å². The van der Waals surface area contributed by atoms with Gasteiger partial charge in [-0.1, -0.05) is 0 Å². The predicted octanol–water partition coefficient (Wildman–Crippen LogP) is 4.27. The molecule has 0 aliphatic carbocycles. The van der Waals surface area contributed by atoms with Crippen molar-refractivity contribution >= 4 is 11.5 Å². The zero-order valence-corrected chi connectivity index (χ0v) is 16.2. The molecule has 0 saturated heterocycles. The second kappa shape index (κ2) is 7.14. The van der Waals surface area contributed by atoms with E-state index in [1.165, 1.54) is 0 Å². The Morgan fingerprint density at radius 2 is 1.05 bits per heavy atom. The van der Waals surface area contributed by atoms with Crippen molar-refractivity contribution in [2.45, 2.75) is 0 Å². The Bertz CT molecular complexity index is 498. The van der Waals surface area contributed by atoms with Crippen LogP contribution in [0.1, 0.15) is 11.1 Å². The third-order valence-corrected chi connectivity index (χ3v) is 6.28. The van der Waals surface area contributed by atoms with Crippen LogP contribution in [0.5, 0.6) is 0 Å². The molecule has 0 N–H and O–H groups in total. The molecule has 2 aromatic carbocycles. The monoisotopic (exact) mass is 440 g/mol. The van der Waals surface area contributed by atoms with E-state index < -0.39 is 25.5 Å². The van der Waals surface area contributed by atoms with Crippen LogP contribution in [0, 0.1) is 0 Å². The molecule has 0 spiro atoms. The van der Waals surface area contributed by atoms with Crippen LogP contribution in [0.4, 0.5) is 0 Å². The van der Waals surface area contributed by atoms with Gasteiger partial charge in [0.25, 0.3) is 0 Å². The van der Waals surface area contributed by atoms with Crippen LogP contribution in [-0.4, -0.2) is 0 Å². The molecule has 3 heteroatoms. The quantitative estimate of drug-likeness (QED) is 0.495. The Hall–Kier alpha value is -1.54. The van der Waals surface area contributed by atoms with Crippen molar-refractivity contribution in [1.29, 1.82) is 0 Å². The molecule has 0 aromatic heterocycles. The van der Waals surface area contributed by atoms with Crippen molar-refractivity contribution in [2.75, 3.05) is 0 Å². The van der Waals surface area contributed by atoms with Crippen molar-refractivity contribution in [3.63, 3.8) is 0 Å². The van der Waals surface area contributed by atoms with Gasteiger partial charge in [0.2, 0.25) is 0 Å². The van der Waals surface area contributed by atoms with E-state index in [9.17, 15) is 0 Å². The van der Waals surface area contributed by atoms with E-state index in [4.69, 9.17) is 5.29 Å². The second-order valence-electron chi connectivity index (χ2n) is 3.98. The molecule has 2 rings (SSSR count). The molecule has 2 nitrogen and oxygen atoms in total. The molecular formula is C16H14HgO2. The molecule has 0 radical (unpaired) electrons. The van der Waals surface area contributed by atoms with Crippen molar-refractivity contribution < 1.29 is 30.8 Å². The van der Waals surface area contributed by atoms with Crippen LogP contribution in [-0.2, 0) is 30.8 Å². The first-order valence-electron chi connectivity index (χ1n) is 6.01. The van der Waals surface area contributed by atoms with Crippen LogP contribution in [0.15, 0.2) is 73.8 Å². The third-order valence-electron chi connectivity index (χ3n) is 2.66. The van der Waals surface area contributed by atoms with E-state index in [2.05, 4.69) is 13.2 Å². The molecule has 0 heterocycles. The van der Waals surface area contributed by atoms with E-state index in [0.29, 0.717) is 11.5 Å². The summed E-state index contributed by atoms with van der Waals surface area (Å²) in [7, 11) is 0. The summed E-state index contributed by atoms with van der Waals surface area (Å²) in [5, 5.41) is 0. The molecule has 0 atom stereocenters. The fourth-order valence-corrected chi connectivity index (χ4v) is 4.22. The molecule has 0 aliphatic heterocycles. The zero-order valence-electron chi connectivity index (χ0n) is 10.7. The summed E-state index contributed by atoms with van der Waals surface area (Å²) in [6.07, 6.45) is 0. The summed E-state index contributed by atoms with van der Waals surface area (Å²) < 4.78 is 11.3. The van der Waals surface area contributed by atoms with Crippen LogP contribution in [0.25, 0.3) is 11.5 Å². The van der Waals surface area contributed by atoms with E-state index in [0.717, 1.165) is 11.1 Å². The molecule has 0 amide bonds. The third kappa shape index (κ3) is 4.25. The van der Waals surface area contributed by atoms with Gasteiger partial charge < -0.3 is 0 Å². The van der Waals surface area contributed by atoms with Gasteiger partial charge in [-0.2, -0.15) is 0 Å². The second-order valence-corrected chi connectivity index (χ2v) is 7.15. The molecule has 0 unspecified atom stereocenters. The van der Waals surface area contributed by atoms with Gasteiger partial charge in [-0.15, -0.1) is 0 Å². The van der Waals surface area contributed by atoms with Gasteiger partial charge in [0.1, 0.15) is 0 Å². The molecule has 19 heavy (non-hydrogen) atoms. The maximum atomic E-state index is 5.66. The van der Waals surface area contributed by atoms with Gasteiger partial charge in [0, 0.05) is 0 Å². The number of rotatable bonds is 6. The summed E-state index contributed by atoms with van der Waals surface area (Å²) in [4.78, 5) is 0. The van der Waals surface area contributed by atoms with E-state index in [-0.39, 0.29) is 0 Å². The van der Waals surface area contributed by atoms with Crippen LogP contribution in [0.2, 0.25) is 0 Å². The first-order valence-corrected chi connectivity index (χ1v) is 10.5. The van der Waals surface area contributed by atoms with E-state index in [1.807, 2.05) is 60.7 Å². The first-order chi connectivity index (χ1) is 9.27. The zero-order chi connectivity index (χ0) is 13.5. The number of benzene rings is 2. The van der Waals surface area contributed by atoms with Gasteiger partial charge in [-0.3, -0.25) is 0 Å². The van der Waals surface area contributed by atoms with Gasteiger partial charge >= 0.3 is 127 Å². The Labute approximate surface area is 127 Å². The normalized spacial score (nSPS) is 9.26. The van der Waals surface area contributed by atoms with Crippen molar-refractivity contribution in [2.24, 2.45) is 0 Å². The standard InChI is InChI=1S/2C8H8O.Hg/c2*1-7(9)8-5-3-2-4-6-8;/h2*2-6,9H,1H2;/q;;+2/p-2. The summed E-state index contributed by atoms with van der Waals surface area (Å²) >= 11 is -1.93. The molecule has 0 bridgehead atoms. The fourth-order valence-electron chi connectivity index (χ4n) is 1.59. The van der Waals surface area contributed by atoms with Gasteiger partial charge in [0.05, 0.1) is 0 Å². The fraction of sp³-hybridized carbons (Fsp3) is 0. The van der Waals surface area contributed by atoms with Gasteiger partial charge in [-0.05, 0) is 0 Å². The predicted molar refractivity (Wildman–Crippen MR) is 73.1 cm³/mol. The summed E-state index contributed by atoms with van der Waals surface area (Å²) in [6, 6.07) is 19.7. The number of hydrogen-bond donors (Lipinski definition) is 0. The molecule has 92 valence electrons.